The number of aromatic nitrogens is 2. The second kappa shape index (κ2) is 9.15. The number of rotatable bonds is 7. The number of carbonyl (C=O) groups excluding carboxylic acids is 1. The molecule has 0 fully saturated rings. The SMILES string of the molecule is CCC(C(=O)Nc1ccc(S(=O)(=O)Nc2cnc3ccccc3n2)cc1)c1ccccc1. The van der Waals surface area contributed by atoms with E-state index in [1.807, 2.05) is 49.4 Å². The minimum Gasteiger partial charge on any atom is -0.326 e. The number of carbonyl (C=O) groups is 1. The molecule has 0 saturated heterocycles. The minimum absolute atomic E-state index is 0.0561. The summed E-state index contributed by atoms with van der Waals surface area (Å²) >= 11 is 0. The van der Waals surface area contributed by atoms with Crippen LogP contribution in [0.1, 0.15) is 24.8 Å². The smallest absolute Gasteiger partial charge is 0.263 e. The molecule has 1 atom stereocenters. The van der Waals surface area contributed by atoms with Gasteiger partial charge in [-0.05, 0) is 48.4 Å². The van der Waals surface area contributed by atoms with Crippen LogP contribution in [-0.2, 0) is 14.8 Å². The second-order valence-electron chi connectivity index (χ2n) is 7.23. The molecule has 1 heterocycles. The molecule has 3 aromatic carbocycles. The van der Waals surface area contributed by atoms with Crippen molar-refractivity contribution in [2.75, 3.05) is 10.0 Å². The molecule has 4 rings (SSSR count). The lowest BCUT2D eigenvalue weighted by atomic mass is 9.95. The van der Waals surface area contributed by atoms with E-state index in [1.54, 1.807) is 24.3 Å². The van der Waals surface area contributed by atoms with Crippen LogP contribution >= 0.6 is 0 Å². The van der Waals surface area contributed by atoms with Gasteiger partial charge >= 0.3 is 0 Å². The largest absolute Gasteiger partial charge is 0.326 e. The van der Waals surface area contributed by atoms with E-state index in [0.29, 0.717) is 23.1 Å². The second-order valence-corrected chi connectivity index (χ2v) is 8.92. The minimum atomic E-state index is -3.86. The first-order valence-electron chi connectivity index (χ1n) is 10.2. The molecule has 0 aliphatic carbocycles. The third kappa shape index (κ3) is 4.76. The van der Waals surface area contributed by atoms with Crippen molar-refractivity contribution in [3.05, 3.63) is 90.6 Å². The molecule has 7 nitrogen and oxygen atoms in total. The molecule has 0 radical (unpaired) electrons. The van der Waals surface area contributed by atoms with E-state index in [2.05, 4.69) is 20.0 Å². The first-order valence-corrected chi connectivity index (χ1v) is 11.6. The number of nitrogens with zero attached hydrogens (tertiary/aromatic N) is 2. The zero-order chi connectivity index (χ0) is 22.6. The van der Waals surface area contributed by atoms with Crippen molar-refractivity contribution in [3.63, 3.8) is 0 Å². The molecule has 8 heteroatoms. The quantitative estimate of drug-likeness (QED) is 0.433. The van der Waals surface area contributed by atoms with Gasteiger partial charge in [-0.1, -0.05) is 49.4 Å². The van der Waals surface area contributed by atoms with Gasteiger partial charge < -0.3 is 5.32 Å². The Morgan fingerprint density at radius 1 is 0.906 bits per heavy atom. The average Bonchev–Trinajstić information content (AvgIpc) is 2.80. The molecule has 32 heavy (non-hydrogen) atoms. The third-order valence-corrected chi connectivity index (χ3v) is 6.42. The Kier molecular flexibility index (Phi) is 6.13. The van der Waals surface area contributed by atoms with Crippen LogP contribution in [0.15, 0.2) is 90.0 Å². The fourth-order valence-electron chi connectivity index (χ4n) is 3.41. The van der Waals surface area contributed by atoms with Crippen LogP contribution in [0.4, 0.5) is 11.5 Å². The number of hydrogen-bond acceptors (Lipinski definition) is 5. The van der Waals surface area contributed by atoms with Crippen molar-refractivity contribution < 1.29 is 13.2 Å². The highest BCUT2D eigenvalue weighted by Gasteiger charge is 2.19. The van der Waals surface area contributed by atoms with Gasteiger partial charge in [0, 0.05) is 5.69 Å². The third-order valence-electron chi connectivity index (χ3n) is 5.05. The van der Waals surface area contributed by atoms with E-state index in [1.165, 1.54) is 18.3 Å². The van der Waals surface area contributed by atoms with Gasteiger partial charge in [0.15, 0.2) is 5.82 Å². The molecule has 0 bridgehead atoms. The topological polar surface area (TPSA) is 101 Å². The Hall–Kier alpha value is -3.78. The van der Waals surface area contributed by atoms with E-state index in [0.717, 1.165) is 5.56 Å². The van der Waals surface area contributed by atoms with Crippen molar-refractivity contribution in [1.82, 2.24) is 9.97 Å². The van der Waals surface area contributed by atoms with Gasteiger partial charge in [-0.3, -0.25) is 14.5 Å². The van der Waals surface area contributed by atoms with Crippen LogP contribution in [0.5, 0.6) is 0 Å². The predicted octanol–water partition coefficient (Wildman–Crippen LogP) is 4.56. The van der Waals surface area contributed by atoms with Crippen molar-refractivity contribution in [2.45, 2.75) is 24.2 Å². The standard InChI is InChI=1S/C24H22N4O3S/c1-2-20(17-8-4-3-5-9-17)24(29)26-18-12-14-19(15-13-18)32(30,31)28-23-16-25-21-10-6-7-11-22(21)27-23/h3-16,20H,2H2,1H3,(H,26,29)(H,27,28). The maximum Gasteiger partial charge on any atom is 0.263 e. The summed E-state index contributed by atoms with van der Waals surface area (Å²) in [5.41, 5.74) is 2.73. The monoisotopic (exact) mass is 446 g/mol. The van der Waals surface area contributed by atoms with Crippen molar-refractivity contribution >= 4 is 38.5 Å². The maximum atomic E-state index is 12.7. The predicted molar refractivity (Wildman–Crippen MR) is 125 cm³/mol. The van der Waals surface area contributed by atoms with Gasteiger partial charge in [-0.25, -0.2) is 13.4 Å². The summed E-state index contributed by atoms with van der Waals surface area (Å²) in [5.74, 6) is -0.290. The number of benzene rings is 3. The number of hydrogen-bond donors (Lipinski definition) is 2. The van der Waals surface area contributed by atoms with Crippen LogP contribution in [0, 0.1) is 0 Å². The molecule has 2 N–H and O–H groups in total. The van der Waals surface area contributed by atoms with Crippen molar-refractivity contribution in [2.24, 2.45) is 0 Å². The molecular formula is C24H22N4O3S. The van der Waals surface area contributed by atoms with Crippen molar-refractivity contribution in [3.8, 4) is 0 Å². The van der Waals surface area contributed by atoms with Gasteiger partial charge in [0.2, 0.25) is 5.91 Å². The van der Waals surface area contributed by atoms with Crippen LogP contribution in [0.25, 0.3) is 11.0 Å². The van der Waals surface area contributed by atoms with Gasteiger partial charge in [-0.2, -0.15) is 0 Å². The fraction of sp³-hybridized carbons (Fsp3) is 0.125. The summed E-state index contributed by atoms with van der Waals surface area (Å²) in [6.07, 6.45) is 2.03. The molecular weight excluding hydrogens is 424 g/mol. The summed E-state index contributed by atoms with van der Waals surface area (Å²) < 4.78 is 27.9. The normalized spacial score (nSPS) is 12.3. The number of anilines is 2. The molecule has 162 valence electrons. The highest BCUT2D eigenvalue weighted by atomic mass is 32.2. The van der Waals surface area contributed by atoms with E-state index in [4.69, 9.17) is 0 Å². The maximum absolute atomic E-state index is 12.7. The number of nitrogens with one attached hydrogen (secondary N) is 2. The average molecular weight is 447 g/mol. The zero-order valence-corrected chi connectivity index (χ0v) is 18.2. The van der Waals surface area contributed by atoms with E-state index < -0.39 is 10.0 Å². The van der Waals surface area contributed by atoms with Gasteiger partial charge in [0.05, 0.1) is 28.0 Å². The summed E-state index contributed by atoms with van der Waals surface area (Å²) in [5, 5.41) is 2.86. The van der Waals surface area contributed by atoms with E-state index in [-0.39, 0.29) is 22.5 Å². The van der Waals surface area contributed by atoms with E-state index >= 15 is 0 Å². The van der Waals surface area contributed by atoms with Gasteiger partial charge in [0.25, 0.3) is 10.0 Å². The first kappa shape index (κ1) is 21.5. The molecule has 0 aliphatic heterocycles. The molecule has 4 aromatic rings. The lowest BCUT2D eigenvalue weighted by molar-refractivity contribution is -0.117. The Balaban J connectivity index is 1.47. The van der Waals surface area contributed by atoms with Crippen LogP contribution in [0.3, 0.4) is 0 Å². The molecule has 0 saturated carbocycles. The van der Waals surface area contributed by atoms with Crippen LogP contribution in [0.2, 0.25) is 0 Å². The number of para-hydroxylation sites is 2. The lowest BCUT2D eigenvalue weighted by Crippen LogP contribution is -2.20. The Morgan fingerprint density at radius 3 is 2.25 bits per heavy atom. The number of fused-ring (bicyclic) bond motifs is 1. The Morgan fingerprint density at radius 2 is 1.56 bits per heavy atom. The summed E-state index contributed by atoms with van der Waals surface area (Å²) in [6, 6.07) is 22.8. The van der Waals surface area contributed by atoms with Gasteiger partial charge in [-0.15, -0.1) is 0 Å². The lowest BCUT2D eigenvalue weighted by Gasteiger charge is -2.15. The zero-order valence-electron chi connectivity index (χ0n) is 17.4. The van der Waals surface area contributed by atoms with Crippen LogP contribution in [-0.4, -0.2) is 24.3 Å². The van der Waals surface area contributed by atoms with E-state index in [9.17, 15) is 13.2 Å². The Bertz CT molecular complexity index is 1340. The first-order chi connectivity index (χ1) is 15.5. The molecule has 1 unspecified atom stereocenters. The molecule has 0 spiro atoms. The highest BCUT2D eigenvalue weighted by molar-refractivity contribution is 7.92. The summed E-state index contributed by atoms with van der Waals surface area (Å²) in [4.78, 5) is 21.3. The summed E-state index contributed by atoms with van der Waals surface area (Å²) in [7, 11) is -3.86. The van der Waals surface area contributed by atoms with Crippen molar-refractivity contribution in [1.29, 1.82) is 0 Å². The molecule has 1 aromatic heterocycles. The number of amides is 1. The molecule has 1 amide bonds. The summed E-state index contributed by atoms with van der Waals surface area (Å²) in [6.45, 7) is 1.95. The number of sulfonamides is 1. The highest BCUT2D eigenvalue weighted by Crippen LogP contribution is 2.23. The van der Waals surface area contributed by atoms with Crippen LogP contribution < -0.4 is 10.0 Å². The fourth-order valence-corrected chi connectivity index (χ4v) is 4.39. The molecule has 0 aliphatic rings. The Labute approximate surface area is 186 Å². The van der Waals surface area contributed by atoms with Gasteiger partial charge in [0.1, 0.15) is 0 Å².